The van der Waals surface area contributed by atoms with Gasteiger partial charge in [-0.15, -0.1) is 11.3 Å². The van der Waals surface area contributed by atoms with Crippen LogP contribution in [-0.4, -0.2) is 11.5 Å². The Bertz CT molecular complexity index is 220. The zero-order valence-corrected chi connectivity index (χ0v) is 7.82. The van der Waals surface area contributed by atoms with Gasteiger partial charge in [-0.2, -0.15) is 0 Å². The topological polar surface area (TPSA) is 38.9 Å². The molecule has 11 heavy (non-hydrogen) atoms. The van der Waals surface area contributed by atoms with Gasteiger partial charge in [0.2, 0.25) is 0 Å². The van der Waals surface area contributed by atoms with E-state index in [1.807, 2.05) is 5.51 Å². The molecule has 0 aromatic carbocycles. The van der Waals surface area contributed by atoms with Crippen LogP contribution in [0.2, 0.25) is 0 Å². The van der Waals surface area contributed by atoms with E-state index >= 15 is 0 Å². The molecule has 0 fully saturated rings. The van der Waals surface area contributed by atoms with Crippen molar-refractivity contribution >= 4 is 11.3 Å². The van der Waals surface area contributed by atoms with E-state index in [1.165, 1.54) is 4.88 Å². The highest BCUT2D eigenvalue weighted by Crippen LogP contribution is 2.25. The maximum Gasteiger partial charge on any atom is 0.0797 e. The molecule has 0 amide bonds. The molecule has 2 N–H and O–H groups in total. The molecule has 0 aliphatic carbocycles. The van der Waals surface area contributed by atoms with Crippen molar-refractivity contribution in [3.8, 4) is 0 Å². The van der Waals surface area contributed by atoms with Crippen molar-refractivity contribution in [2.45, 2.75) is 26.2 Å². The molecule has 1 atom stereocenters. The monoisotopic (exact) mass is 170 g/mol. The average Bonchev–Trinajstić information content (AvgIpc) is 2.36. The number of nitrogens with two attached hydrogens (primary N) is 1. The van der Waals surface area contributed by atoms with Crippen LogP contribution in [0.5, 0.6) is 0 Å². The Balaban J connectivity index is 2.67. The number of hydrogen-bond acceptors (Lipinski definition) is 3. The highest BCUT2D eigenvalue weighted by Gasteiger charge is 2.09. The lowest BCUT2D eigenvalue weighted by Crippen LogP contribution is -2.04. The largest absolute Gasteiger partial charge is 0.330 e. The van der Waals surface area contributed by atoms with Crippen molar-refractivity contribution in [1.29, 1.82) is 0 Å². The van der Waals surface area contributed by atoms with Gasteiger partial charge in [0, 0.05) is 4.88 Å². The predicted octanol–water partition coefficient (Wildman–Crippen LogP) is 1.90. The molecule has 0 bridgehead atoms. The summed E-state index contributed by atoms with van der Waals surface area (Å²) in [6, 6.07) is 0. The Morgan fingerprint density at radius 2 is 2.45 bits per heavy atom. The van der Waals surface area contributed by atoms with Crippen LogP contribution in [-0.2, 0) is 0 Å². The maximum absolute atomic E-state index is 5.47. The second-order valence-corrected chi connectivity index (χ2v) is 3.67. The van der Waals surface area contributed by atoms with Gasteiger partial charge in [0.1, 0.15) is 0 Å². The Kier molecular flexibility index (Phi) is 3.02. The Labute approximate surface area is 71.5 Å². The van der Waals surface area contributed by atoms with Crippen molar-refractivity contribution in [3.63, 3.8) is 0 Å². The van der Waals surface area contributed by atoms with Crippen LogP contribution < -0.4 is 5.73 Å². The number of aryl methyl sites for hydroxylation is 1. The van der Waals surface area contributed by atoms with Gasteiger partial charge in [-0.25, -0.2) is 4.98 Å². The normalized spacial score (nSPS) is 13.4. The summed E-state index contributed by atoms with van der Waals surface area (Å²) >= 11 is 1.73. The van der Waals surface area contributed by atoms with Gasteiger partial charge in [-0.05, 0) is 25.8 Å². The first-order chi connectivity index (χ1) is 5.25. The lowest BCUT2D eigenvalue weighted by Gasteiger charge is -2.06. The molecule has 2 nitrogen and oxygen atoms in total. The van der Waals surface area contributed by atoms with Gasteiger partial charge in [-0.1, -0.05) is 6.92 Å². The second kappa shape index (κ2) is 3.83. The smallest absolute Gasteiger partial charge is 0.0797 e. The highest BCUT2D eigenvalue weighted by atomic mass is 32.1. The van der Waals surface area contributed by atoms with E-state index in [-0.39, 0.29) is 0 Å². The summed E-state index contributed by atoms with van der Waals surface area (Å²) < 4.78 is 0. The fraction of sp³-hybridized carbons (Fsp3) is 0.625. The zero-order valence-electron chi connectivity index (χ0n) is 7.00. The van der Waals surface area contributed by atoms with Crippen molar-refractivity contribution in [2.24, 2.45) is 5.73 Å². The molecule has 62 valence electrons. The lowest BCUT2D eigenvalue weighted by molar-refractivity contribution is 0.696. The molecule has 0 saturated heterocycles. The van der Waals surface area contributed by atoms with Gasteiger partial charge >= 0.3 is 0 Å². The van der Waals surface area contributed by atoms with Crippen LogP contribution >= 0.6 is 11.3 Å². The molecule has 0 aliphatic heterocycles. The van der Waals surface area contributed by atoms with Gasteiger partial charge < -0.3 is 5.73 Å². The first kappa shape index (κ1) is 8.68. The Hall–Kier alpha value is -0.410. The number of hydrogen-bond donors (Lipinski definition) is 1. The summed E-state index contributed by atoms with van der Waals surface area (Å²) in [5, 5.41) is 0. The number of thiazole rings is 1. The van der Waals surface area contributed by atoms with E-state index in [0.29, 0.717) is 5.92 Å². The van der Waals surface area contributed by atoms with E-state index in [9.17, 15) is 0 Å². The molecule has 1 rings (SSSR count). The molecule has 1 unspecified atom stereocenters. The van der Waals surface area contributed by atoms with Crippen molar-refractivity contribution in [2.75, 3.05) is 6.54 Å². The minimum Gasteiger partial charge on any atom is -0.330 e. The molecule has 1 aromatic rings. The first-order valence-corrected chi connectivity index (χ1v) is 4.73. The van der Waals surface area contributed by atoms with E-state index in [0.717, 1.165) is 18.7 Å². The highest BCUT2D eigenvalue weighted by molar-refractivity contribution is 7.09. The molecule has 1 aromatic heterocycles. The molecule has 0 aliphatic rings. The summed E-state index contributed by atoms with van der Waals surface area (Å²) in [6.45, 7) is 5.02. The van der Waals surface area contributed by atoms with Crippen LogP contribution in [0.15, 0.2) is 5.51 Å². The van der Waals surface area contributed by atoms with Crippen LogP contribution in [0.25, 0.3) is 0 Å². The van der Waals surface area contributed by atoms with Crippen molar-refractivity contribution < 1.29 is 0 Å². The average molecular weight is 170 g/mol. The molecular formula is C8H14N2S. The third-order valence-corrected chi connectivity index (χ3v) is 2.99. The number of rotatable bonds is 3. The Morgan fingerprint density at radius 1 is 1.73 bits per heavy atom. The third-order valence-electron chi connectivity index (χ3n) is 1.83. The van der Waals surface area contributed by atoms with E-state index in [1.54, 1.807) is 11.3 Å². The van der Waals surface area contributed by atoms with Gasteiger partial charge in [-0.3, -0.25) is 0 Å². The van der Waals surface area contributed by atoms with E-state index in [2.05, 4.69) is 18.8 Å². The van der Waals surface area contributed by atoms with Gasteiger partial charge in [0.05, 0.1) is 11.2 Å². The lowest BCUT2D eigenvalue weighted by atomic mass is 10.1. The maximum atomic E-state index is 5.47. The molecular weight excluding hydrogens is 156 g/mol. The molecule has 0 saturated carbocycles. The summed E-state index contributed by atoms with van der Waals surface area (Å²) in [7, 11) is 0. The van der Waals surface area contributed by atoms with Crippen molar-refractivity contribution in [1.82, 2.24) is 4.98 Å². The van der Waals surface area contributed by atoms with Gasteiger partial charge in [0.15, 0.2) is 0 Å². The summed E-state index contributed by atoms with van der Waals surface area (Å²) in [6.07, 6.45) is 1.06. The van der Waals surface area contributed by atoms with Crippen LogP contribution in [0.4, 0.5) is 0 Å². The predicted molar refractivity (Wildman–Crippen MR) is 48.9 cm³/mol. The molecule has 0 spiro atoms. The third kappa shape index (κ3) is 2.01. The minimum atomic E-state index is 0.576. The van der Waals surface area contributed by atoms with Crippen LogP contribution in [0.3, 0.4) is 0 Å². The van der Waals surface area contributed by atoms with E-state index < -0.39 is 0 Å². The number of aromatic nitrogens is 1. The summed E-state index contributed by atoms with van der Waals surface area (Å²) in [5.41, 5.74) is 8.53. The minimum absolute atomic E-state index is 0.576. The summed E-state index contributed by atoms with van der Waals surface area (Å²) in [4.78, 5) is 5.58. The first-order valence-electron chi connectivity index (χ1n) is 3.85. The van der Waals surface area contributed by atoms with E-state index in [4.69, 9.17) is 5.73 Å². The fourth-order valence-corrected chi connectivity index (χ4v) is 2.06. The Morgan fingerprint density at radius 3 is 2.91 bits per heavy atom. The quantitative estimate of drug-likeness (QED) is 0.752. The number of nitrogens with zero attached hydrogens (tertiary/aromatic N) is 1. The van der Waals surface area contributed by atoms with Gasteiger partial charge in [0.25, 0.3) is 0 Å². The fourth-order valence-electron chi connectivity index (χ4n) is 1.16. The summed E-state index contributed by atoms with van der Waals surface area (Å²) in [5.74, 6) is 0.576. The molecule has 0 radical (unpaired) electrons. The molecule has 3 heteroatoms. The van der Waals surface area contributed by atoms with Crippen LogP contribution in [0, 0.1) is 6.92 Å². The SMILES string of the molecule is Cc1ncsc1C(C)CCN. The molecule has 1 heterocycles. The van der Waals surface area contributed by atoms with Crippen molar-refractivity contribution in [3.05, 3.63) is 16.1 Å². The second-order valence-electron chi connectivity index (χ2n) is 2.78. The standard InChI is InChI=1S/C8H14N2S/c1-6(3-4-9)8-7(2)10-5-11-8/h5-6H,3-4,9H2,1-2H3. The zero-order chi connectivity index (χ0) is 8.27. The van der Waals surface area contributed by atoms with Crippen LogP contribution in [0.1, 0.15) is 29.8 Å².